The quantitative estimate of drug-likeness (QED) is 0.608. The fraction of sp³-hybridized carbons (Fsp3) is 0.467. The molecule has 0 spiro atoms. The molecule has 0 unspecified atom stereocenters. The Kier molecular flexibility index (Phi) is 5.52. The van der Waals surface area contributed by atoms with E-state index < -0.39 is 0 Å². The van der Waals surface area contributed by atoms with Crippen LogP contribution in [0.25, 0.3) is 10.2 Å². The largest absolute Gasteiger partial charge is 0.399 e. The molecule has 1 amide bonds. The number of nitrogen functional groups attached to an aromatic ring is 1. The molecule has 1 heterocycles. The van der Waals surface area contributed by atoms with Crippen LogP contribution in [-0.2, 0) is 9.53 Å². The van der Waals surface area contributed by atoms with E-state index in [1.807, 2.05) is 12.1 Å². The Morgan fingerprint density at radius 3 is 3.05 bits per heavy atom. The topological polar surface area (TPSA) is 77.2 Å². The second-order valence-corrected chi connectivity index (χ2v) is 6.40. The van der Waals surface area contributed by atoms with Crippen molar-refractivity contribution in [1.29, 1.82) is 0 Å². The first-order valence-corrected chi connectivity index (χ1v) is 7.90. The average Bonchev–Trinajstić information content (AvgIpc) is 2.79. The number of benzene rings is 1. The summed E-state index contributed by atoms with van der Waals surface area (Å²) in [5.41, 5.74) is 7.28. The fourth-order valence-electron chi connectivity index (χ4n) is 1.83. The van der Waals surface area contributed by atoms with Gasteiger partial charge in [0.25, 0.3) is 0 Å². The lowest BCUT2D eigenvalue weighted by Crippen LogP contribution is -2.12. The standard InChI is InChI=1S/C15H21N3O2S/c1-10(2)9-20-7-3-4-14(19)18-15-17-12-6-5-11(16)8-13(12)21-15/h5-6,8,10H,3-4,7,9,16H2,1-2H3,(H,17,18,19). The van der Waals surface area contributed by atoms with Gasteiger partial charge in [0.2, 0.25) is 5.91 Å². The van der Waals surface area contributed by atoms with Crippen LogP contribution in [0.5, 0.6) is 0 Å². The third kappa shape index (κ3) is 4.99. The van der Waals surface area contributed by atoms with E-state index >= 15 is 0 Å². The minimum atomic E-state index is -0.0322. The first-order chi connectivity index (χ1) is 10.0. The number of carbonyl (C=O) groups excluding carboxylic acids is 1. The van der Waals surface area contributed by atoms with Crippen molar-refractivity contribution in [3.05, 3.63) is 18.2 Å². The normalized spacial score (nSPS) is 11.2. The molecule has 0 aliphatic rings. The van der Waals surface area contributed by atoms with E-state index in [9.17, 15) is 4.79 Å². The van der Waals surface area contributed by atoms with E-state index in [4.69, 9.17) is 10.5 Å². The molecule has 2 aromatic rings. The highest BCUT2D eigenvalue weighted by Crippen LogP contribution is 2.27. The van der Waals surface area contributed by atoms with Crippen molar-refractivity contribution >= 4 is 38.3 Å². The number of hydrogen-bond donors (Lipinski definition) is 2. The molecule has 3 N–H and O–H groups in total. The molecule has 2 rings (SSSR count). The van der Waals surface area contributed by atoms with E-state index in [-0.39, 0.29) is 5.91 Å². The number of rotatable bonds is 7. The minimum Gasteiger partial charge on any atom is -0.399 e. The zero-order valence-corrected chi connectivity index (χ0v) is 13.2. The third-order valence-electron chi connectivity index (χ3n) is 2.80. The number of nitrogens with two attached hydrogens (primary N) is 1. The lowest BCUT2D eigenvalue weighted by atomic mass is 10.2. The van der Waals surface area contributed by atoms with Gasteiger partial charge in [-0.05, 0) is 30.5 Å². The van der Waals surface area contributed by atoms with Crippen molar-refractivity contribution in [3.8, 4) is 0 Å². The number of fused-ring (bicyclic) bond motifs is 1. The van der Waals surface area contributed by atoms with Crippen LogP contribution in [0.3, 0.4) is 0 Å². The molecule has 0 atom stereocenters. The molecule has 0 aliphatic heterocycles. The summed E-state index contributed by atoms with van der Waals surface area (Å²) in [7, 11) is 0. The van der Waals surface area contributed by atoms with Crippen LogP contribution in [0.4, 0.5) is 10.8 Å². The van der Waals surface area contributed by atoms with Crippen molar-refractivity contribution in [2.24, 2.45) is 5.92 Å². The van der Waals surface area contributed by atoms with Crippen LogP contribution in [0.2, 0.25) is 0 Å². The van der Waals surface area contributed by atoms with Gasteiger partial charge in [-0.1, -0.05) is 25.2 Å². The van der Waals surface area contributed by atoms with Crippen LogP contribution < -0.4 is 11.1 Å². The Hall–Kier alpha value is -1.66. The molecule has 0 fully saturated rings. The van der Waals surface area contributed by atoms with E-state index in [0.29, 0.717) is 29.8 Å². The van der Waals surface area contributed by atoms with Crippen LogP contribution in [-0.4, -0.2) is 24.1 Å². The Bertz CT molecular complexity index is 610. The Labute approximate surface area is 128 Å². The van der Waals surface area contributed by atoms with Crippen LogP contribution in [0.15, 0.2) is 18.2 Å². The molecule has 0 saturated carbocycles. The average molecular weight is 307 g/mol. The number of hydrogen-bond acceptors (Lipinski definition) is 5. The zero-order valence-electron chi connectivity index (χ0n) is 12.4. The van der Waals surface area contributed by atoms with Gasteiger partial charge in [-0.15, -0.1) is 0 Å². The van der Waals surface area contributed by atoms with Crippen molar-refractivity contribution in [2.75, 3.05) is 24.3 Å². The van der Waals surface area contributed by atoms with Gasteiger partial charge < -0.3 is 15.8 Å². The third-order valence-corrected chi connectivity index (χ3v) is 3.74. The lowest BCUT2D eigenvalue weighted by molar-refractivity contribution is -0.116. The van der Waals surface area contributed by atoms with Gasteiger partial charge in [0.05, 0.1) is 10.2 Å². The molecule has 114 valence electrons. The molecule has 1 aromatic carbocycles. The Balaban J connectivity index is 1.78. The number of anilines is 2. The molecule has 0 aliphatic carbocycles. The maximum atomic E-state index is 11.8. The highest BCUT2D eigenvalue weighted by atomic mass is 32.1. The van der Waals surface area contributed by atoms with Gasteiger partial charge in [0, 0.05) is 25.3 Å². The summed E-state index contributed by atoms with van der Waals surface area (Å²) in [4.78, 5) is 16.2. The van der Waals surface area contributed by atoms with E-state index in [2.05, 4.69) is 24.1 Å². The molecule has 0 saturated heterocycles. The molecule has 21 heavy (non-hydrogen) atoms. The van der Waals surface area contributed by atoms with Gasteiger partial charge in [0.1, 0.15) is 0 Å². The van der Waals surface area contributed by atoms with Crippen molar-refractivity contribution in [3.63, 3.8) is 0 Å². The van der Waals surface area contributed by atoms with Crippen molar-refractivity contribution in [1.82, 2.24) is 4.98 Å². The van der Waals surface area contributed by atoms with E-state index in [1.54, 1.807) is 6.07 Å². The smallest absolute Gasteiger partial charge is 0.226 e. The molecule has 0 radical (unpaired) electrons. The zero-order chi connectivity index (χ0) is 15.2. The summed E-state index contributed by atoms with van der Waals surface area (Å²) in [6, 6.07) is 5.53. The summed E-state index contributed by atoms with van der Waals surface area (Å²) < 4.78 is 6.43. The van der Waals surface area contributed by atoms with Gasteiger partial charge >= 0.3 is 0 Å². The summed E-state index contributed by atoms with van der Waals surface area (Å²) in [5.74, 6) is 0.490. The number of carbonyl (C=O) groups is 1. The second-order valence-electron chi connectivity index (χ2n) is 5.37. The van der Waals surface area contributed by atoms with E-state index in [1.165, 1.54) is 11.3 Å². The molecule has 1 aromatic heterocycles. The summed E-state index contributed by atoms with van der Waals surface area (Å²) in [6.45, 7) is 5.56. The fourth-order valence-corrected chi connectivity index (χ4v) is 2.76. The molecule has 0 bridgehead atoms. The van der Waals surface area contributed by atoms with Gasteiger partial charge in [-0.3, -0.25) is 4.79 Å². The van der Waals surface area contributed by atoms with E-state index in [0.717, 1.165) is 23.2 Å². The maximum absolute atomic E-state index is 11.8. The first kappa shape index (κ1) is 15.7. The second kappa shape index (κ2) is 7.38. The van der Waals surface area contributed by atoms with Crippen molar-refractivity contribution < 1.29 is 9.53 Å². The SMILES string of the molecule is CC(C)COCCCC(=O)Nc1nc2ccc(N)cc2s1. The van der Waals surface area contributed by atoms with Crippen molar-refractivity contribution in [2.45, 2.75) is 26.7 Å². The number of ether oxygens (including phenoxy) is 1. The first-order valence-electron chi connectivity index (χ1n) is 7.08. The predicted octanol–water partition coefficient (Wildman–Crippen LogP) is 3.27. The van der Waals surface area contributed by atoms with Gasteiger partial charge in [0.15, 0.2) is 5.13 Å². The molecular formula is C15H21N3O2S. The number of nitrogens with one attached hydrogen (secondary N) is 1. The predicted molar refractivity (Wildman–Crippen MR) is 87.6 cm³/mol. The van der Waals surface area contributed by atoms with Gasteiger partial charge in [-0.2, -0.15) is 0 Å². The lowest BCUT2D eigenvalue weighted by Gasteiger charge is -2.06. The Morgan fingerprint density at radius 1 is 1.48 bits per heavy atom. The summed E-state index contributed by atoms with van der Waals surface area (Å²) >= 11 is 1.43. The molecular weight excluding hydrogens is 286 g/mol. The maximum Gasteiger partial charge on any atom is 0.226 e. The number of amides is 1. The summed E-state index contributed by atoms with van der Waals surface area (Å²) in [6.07, 6.45) is 1.16. The number of thiazole rings is 1. The highest BCUT2D eigenvalue weighted by molar-refractivity contribution is 7.22. The molecule has 6 heteroatoms. The Morgan fingerprint density at radius 2 is 2.29 bits per heavy atom. The number of nitrogens with zero attached hydrogens (tertiary/aromatic N) is 1. The molecule has 5 nitrogen and oxygen atoms in total. The highest BCUT2D eigenvalue weighted by Gasteiger charge is 2.08. The van der Waals surface area contributed by atoms with Crippen LogP contribution >= 0.6 is 11.3 Å². The van der Waals surface area contributed by atoms with Gasteiger partial charge in [-0.25, -0.2) is 4.98 Å². The monoisotopic (exact) mass is 307 g/mol. The summed E-state index contributed by atoms with van der Waals surface area (Å²) in [5, 5.41) is 3.44. The van der Waals surface area contributed by atoms with Crippen LogP contribution in [0.1, 0.15) is 26.7 Å². The minimum absolute atomic E-state index is 0.0322. The van der Waals surface area contributed by atoms with Crippen LogP contribution in [0, 0.1) is 5.92 Å². The number of aromatic nitrogens is 1.